The number of benzene rings is 1. The zero-order valence-corrected chi connectivity index (χ0v) is 11.1. The summed E-state index contributed by atoms with van der Waals surface area (Å²) in [4.78, 5) is 0. The molecule has 1 aromatic rings. The molecule has 1 N–H and O–H groups in total. The highest BCUT2D eigenvalue weighted by Gasteiger charge is 2.29. The van der Waals surface area contributed by atoms with E-state index in [-0.39, 0.29) is 6.10 Å². The Balaban J connectivity index is 1.84. The zero-order valence-electron chi connectivity index (χ0n) is 11.1. The van der Waals surface area contributed by atoms with E-state index in [1.807, 2.05) is 6.07 Å². The number of hydrogen-bond acceptors (Lipinski definition) is 2. The summed E-state index contributed by atoms with van der Waals surface area (Å²) in [7, 11) is 0. The first-order chi connectivity index (χ1) is 8.75. The lowest BCUT2D eigenvalue weighted by Crippen LogP contribution is -2.20. The lowest BCUT2D eigenvalue weighted by atomic mass is 9.77. The molecule has 3 atom stereocenters. The SMILES string of the molecule is CC1CCCC(C(O)c2cccc3c2OCC3)C1. The molecule has 2 nitrogen and oxygen atoms in total. The standard InChI is InChI=1S/C16H22O2/c1-11-4-2-6-13(10-11)15(17)14-7-3-5-12-8-9-18-16(12)14/h3,5,7,11,13,15,17H,2,4,6,8-10H2,1H3. The highest BCUT2D eigenvalue weighted by molar-refractivity contribution is 5.45. The Labute approximate surface area is 109 Å². The molecule has 1 saturated carbocycles. The molecule has 0 spiro atoms. The maximum atomic E-state index is 10.6. The van der Waals surface area contributed by atoms with Crippen LogP contribution >= 0.6 is 0 Å². The smallest absolute Gasteiger partial charge is 0.128 e. The number of rotatable bonds is 2. The van der Waals surface area contributed by atoms with Crippen LogP contribution in [0.15, 0.2) is 18.2 Å². The predicted molar refractivity (Wildman–Crippen MR) is 71.7 cm³/mol. The molecule has 0 aromatic heterocycles. The molecule has 1 aliphatic heterocycles. The van der Waals surface area contributed by atoms with Crippen molar-refractivity contribution in [1.82, 2.24) is 0 Å². The van der Waals surface area contributed by atoms with Gasteiger partial charge in [0.1, 0.15) is 5.75 Å². The molecule has 0 saturated heterocycles. The van der Waals surface area contributed by atoms with Crippen molar-refractivity contribution >= 4 is 0 Å². The van der Waals surface area contributed by atoms with Crippen molar-refractivity contribution in [1.29, 1.82) is 0 Å². The van der Waals surface area contributed by atoms with Gasteiger partial charge in [-0.3, -0.25) is 0 Å². The van der Waals surface area contributed by atoms with Crippen LogP contribution in [0.4, 0.5) is 0 Å². The average Bonchev–Trinajstić information content (AvgIpc) is 2.86. The van der Waals surface area contributed by atoms with E-state index >= 15 is 0 Å². The lowest BCUT2D eigenvalue weighted by molar-refractivity contribution is 0.0692. The van der Waals surface area contributed by atoms with Crippen LogP contribution in [0.2, 0.25) is 0 Å². The second-order valence-electron chi connectivity index (χ2n) is 5.91. The van der Waals surface area contributed by atoms with Crippen LogP contribution in [0.1, 0.15) is 49.8 Å². The van der Waals surface area contributed by atoms with Crippen molar-refractivity contribution in [2.45, 2.75) is 45.1 Å². The molecular formula is C16H22O2. The largest absolute Gasteiger partial charge is 0.493 e. The van der Waals surface area contributed by atoms with E-state index in [1.165, 1.54) is 18.4 Å². The van der Waals surface area contributed by atoms with Gasteiger partial charge in [-0.15, -0.1) is 0 Å². The number of aliphatic hydroxyl groups excluding tert-OH is 1. The van der Waals surface area contributed by atoms with E-state index in [0.717, 1.165) is 43.1 Å². The Morgan fingerprint density at radius 2 is 2.22 bits per heavy atom. The van der Waals surface area contributed by atoms with Gasteiger partial charge in [-0.05, 0) is 30.2 Å². The lowest BCUT2D eigenvalue weighted by Gasteiger charge is -2.31. The molecule has 1 aliphatic carbocycles. The molecule has 0 radical (unpaired) electrons. The van der Waals surface area contributed by atoms with Gasteiger partial charge in [-0.1, -0.05) is 38.0 Å². The van der Waals surface area contributed by atoms with Crippen molar-refractivity contribution in [3.63, 3.8) is 0 Å². The number of para-hydroxylation sites is 1. The Bertz CT molecular complexity index is 427. The third-order valence-electron chi connectivity index (χ3n) is 4.49. The molecule has 2 aliphatic rings. The van der Waals surface area contributed by atoms with Gasteiger partial charge in [0, 0.05) is 12.0 Å². The first-order valence-corrected chi connectivity index (χ1v) is 7.18. The minimum absolute atomic E-state index is 0.346. The molecule has 1 heterocycles. The molecular weight excluding hydrogens is 224 g/mol. The summed E-state index contributed by atoms with van der Waals surface area (Å²) in [6.45, 7) is 3.06. The highest BCUT2D eigenvalue weighted by atomic mass is 16.5. The van der Waals surface area contributed by atoms with Crippen LogP contribution < -0.4 is 4.74 Å². The molecule has 1 aromatic carbocycles. The molecule has 3 rings (SSSR count). The van der Waals surface area contributed by atoms with Gasteiger partial charge < -0.3 is 9.84 Å². The fourth-order valence-corrected chi connectivity index (χ4v) is 3.50. The molecule has 3 unspecified atom stereocenters. The van der Waals surface area contributed by atoms with Crippen LogP contribution in [0, 0.1) is 11.8 Å². The van der Waals surface area contributed by atoms with Crippen LogP contribution in [0.5, 0.6) is 5.75 Å². The topological polar surface area (TPSA) is 29.5 Å². The summed E-state index contributed by atoms with van der Waals surface area (Å²) < 4.78 is 5.71. The van der Waals surface area contributed by atoms with E-state index in [4.69, 9.17) is 4.74 Å². The second kappa shape index (κ2) is 4.93. The van der Waals surface area contributed by atoms with E-state index in [2.05, 4.69) is 19.1 Å². The first kappa shape index (κ1) is 12.0. The van der Waals surface area contributed by atoms with Crippen molar-refractivity contribution in [2.75, 3.05) is 6.61 Å². The van der Waals surface area contributed by atoms with Gasteiger partial charge in [-0.25, -0.2) is 0 Å². The van der Waals surface area contributed by atoms with Gasteiger partial charge in [0.25, 0.3) is 0 Å². The highest BCUT2D eigenvalue weighted by Crippen LogP contribution is 2.41. The minimum Gasteiger partial charge on any atom is -0.493 e. The summed E-state index contributed by atoms with van der Waals surface area (Å²) in [6, 6.07) is 6.20. The predicted octanol–water partition coefficient (Wildman–Crippen LogP) is 3.48. The molecule has 18 heavy (non-hydrogen) atoms. The number of ether oxygens (including phenoxy) is 1. The van der Waals surface area contributed by atoms with E-state index in [9.17, 15) is 5.11 Å². The summed E-state index contributed by atoms with van der Waals surface area (Å²) in [5.41, 5.74) is 2.28. The molecule has 0 bridgehead atoms. The monoisotopic (exact) mass is 246 g/mol. The summed E-state index contributed by atoms with van der Waals surface area (Å²) in [6.07, 6.45) is 5.49. The maximum Gasteiger partial charge on any atom is 0.128 e. The minimum atomic E-state index is -0.346. The zero-order chi connectivity index (χ0) is 12.5. The fourth-order valence-electron chi connectivity index (χ4n) is 3.50. The third kappa shape index (κ3) is 2.14. The molecule has 0 amide bonds. The van der Waals surface area contributed by atoms with Crippen LogP contribution in [-0.2, 0) is 6.42 Å². The maximum absolute atomic E-state index is 10.6. The average molecular weight is 246 g/mol. The van der Waals surface area contributed by atoms with Crippen molar-refractivity contribution < 1.29 is 9.84 Å². The second-order valence-corrected chi connectivity index (χ2v) is 5.91. The van der Waals surface area contributed by atoms with Crippen LogP contribution in [0.3, 0.4) is 0 Å². The van der Waals surface area contributed by atoms with Gasteiger partial charge in [-0.2, -0.15) is 0 Å². The van der Waals surface area contributed by atoms with Crippen LogP contribution in [-0.4, -0.2) is 11.7 Å². The number of aliphatic hydroxyl groups is 1. The Kier molecular flexibility index (Phi) is 3.29. The van der Waals surface area contributed by atoms with Gasteiger partial charge in [0.15, 0.2) is 0 Å². The number of fused-ring (bicyclic) bond motifs is 1. The van der Waals surface area contributed by atoms with Crippen molar-refractivity contribution in [3.05, 3.63) is 29.3 Å². The normalized spacial score (nSPS) is 28.6. The van der Waals surface area contributed by atoms with E-state index < -0.39 is 0 Å². The Morgan fingerprint density at radius 1 is 1.33 bits per heavy atom. The van der Waals surface area contributed by atoms with Crippen LogP contribution in [0.25, 0.3) is 0 Å². The van der Waals surface area contributed by atoms with Crippen molar-refractivity contribution in [2.24, 2.45) is 11.8 Å². The molecule has 1 fully saturated rings. The fraction of sp³-hybridized carbons (Fsp3) is 0.625. The summed E-state index contributed by atoms with van der Waals surface area (Å²) >= 11 is 0. The van der Waals surface area contributed by atoms with E-state index in [1.54, 1.807) is 0 Å². The summed E-state index contributed by atoms with van der Waals surface area (Å²) in [5.74, 6) is 2.11. The van der Waals surface area contributed by atoms with Gasteiger partial charge in [0.2, 0.25) is 0 Å². The Hall–Kier alpha value is -1.02. The van der Waals surface area contributed by atoms with Gasteiger partial charge in [0.05, 0.1) is 12.7 Å². The van der Waals surface area contributed by atoms with E-state index in [0.29, 0.717) is 5.92 Å². The molecule has 98 valence electrons. The Morgan fingerprint density at radius 3 is 3.06 bits per heavy atom. The summed E-state index contributed by atoms with van der Waals surface area (Å²) in [5, 5.41) is 10.6. The first-order valence-electron chi connectivity index (χ1n) is 7.18. The third-order valence-corrected chi connectivity index (χ3v) is 4.49. The molecule has 2 heteroatoms. The van der Waals surface area contributed by atoms with Gasteiger partial charge >= 0.3 is 0 Å². The quantitative estimate of drug-likeness (QED) is 0.865. The van der Waals surface area contributed by atoms with Crippen molar-refractivity contribution in [3.8, 4) is 5.75 Å². The number of hydrogen-bond donors (Lipinski definition) is 1.